The zero-order valence-corrected chi connectivity index (χ0v) is 41.7. The number of pyridine rings is 1. The second kappa shape index (κ2) is 18.5. The first-order valence-corrected chi connectivity index (χ1v) is 23.8. The molecule has 13 aromatic rings. The topological polar surface area (TPSA) is 48.8 Å². The van der Waals surface area contributed by atoms with Gasteiger partial charge in [-0.3, -0.25) is 4.98 Å². The Balaban J connectivity index is 0.000000359. The Labute approximate surface area is 421 Å². The third-order valence-electron chi connectivity index (χ3n) is 13.4. The maximum atomic E-state index is 6.97. The summed E-state index contributed by atoms with van der Waals surface area (Å²) in [6.07, 6.45) is 1.79. The van der Waals surface area contributed by atoms with Gasteiger partial charge in [0, 0.05) is 64.9 Å². The summed E-state index contributed by atoms with van der Waals surface area (Å²) in [4.78, 5) is 9.90. The molecule has 4 aromatic heterocycles. The van der Waals surface area contributed by atoms with Crippen LogP contribution in [0.1, 0.15) is 50.7 Å². The second-order valence-corrected chi connectivity index (χ2v) is 18.3. The van der Waals surface area contributed by atoms with E-state index in [0.29, 0.717) is 0 Å². The molecule has 5 nitrogen and oxygen atoms in total. The maximum absolute atomic E-state index is 6.97. The van der Waals surface area contributed by atoms with Crippen molar-refractivity contribution in [3.05, 3.63) is 230 Å². The summed E-state index contributed by atoms with van der Waals surface area (Å²) in [6.45, 7) is 9.22. The standard InChI is InChI=1S/C53H40N3O.C11H8N.Ir/c1-32(2)42-30-36(34-16-6-5-7-17-34)31-43(33(3)4)51(42)56-46-28-26-35-18-8-9-19-37(35)50(46)54-53(56)41-27-29-47(52-49(41)40-22-12-15-25-48(40)57-52)55-44-23-13-10-20-38(44)39-21-11-14-24-45(39)55;1-2-6-10(7-3-1)11-8-4-5-9-12-11;/h5-26,28-33H,1-4H3;1-6,8-9H;/q2*-1;. The fraction of sp³-hybridized carbons (Fsp3) is 0.0938. The molecule has 0 aliphatic carbocycles. The Morgan fingerprint density at radius 2 is 1.16 bits per heavy atom. The van der Waals surface area contributed by atoms with E-state index in [-0.39, 0.29) is 31.9 Å². The van der Waals surface area contributed by atoms with Crippen LogP contribution < -0.4 is 0 Å². The van der Waals surface area contributed by atoms with Crippen molar-refractivity contribution in [2.24, 2.45) is 0 Å². The smallest absolute Gasteiger partial charge is 0.123 e. The van der Waals surface area contributed by atoms with E-state index < -0.39 is 0 Å². The number of aromatic nitrogens is 4. The third-order valence-corrected chi connectivity index (χ3v) is 13.4. The average molecular weight is 1080 g/mol. The van der Waals surface area contributed by atoms with Crippen molar-refractivity contribution in [3.63, 3.8) is 0 Å². The molecule has 0 aliphatic rings. The van der Waals surface area contributed by atoms with E-state index in [9.17, 15) is 0 Å². The predicted molar refractivity (Wildman–Crippen MR) is 287 cm³/mol. The minimum absolute atomic E-state index is 0. The first kappa shape index (κ1) is 44.6. The second-order valence-electron chi connectivity index (χ2n) is 18.3. The molecular formula is C64H48IrN4O-2. The molecule has 4 heterocycles. The van der Waals surface area contributed by atoms with E-state index in [0.717, 1.165) is 77.7 Å². The van der Waals surface area contributed by atoms with Gasteiger partial charge in [0.1, 0.15) is 5.58 Å². The predicted octanol–water partition coefficient (Wildman–Crippen LogP) is 17.1. The van der Waals surface area contributed by atoms with E-state index in [1.165, 1.54) is 44.1 Å². The molecular weight excluding hydrogens is 1030 g/mol. The van der Waals surface area contributed by atoms with Gasteiger partial charge in [0.05, 0.1) is 22.4 Å². The summed E-state index contributed by atoms with van der Waals surface area (Å²) in [5.74, 6) is 1.33. The molecule has 70 heavy (non-hydrogen) atoms. The number of hydrogen-bond donors (Lipinski definition) is 0. The number of rotatable bonds is 7. The Bertz CT molecular complexity index is 3900. The van der Waals surface area contributed by atoms with Gasteiger partial charge < -0.3 is 18.5 Å². The van der Waals surface area contributed by atoms with Crippen molar-refractivity contribution in [1.29, 1.82) is 0 Å². The quantitative estimate of drug-likeness (QED) is 0.149. The summed E-state index contributed by atoms with van der Waals surface area (Å²) < 4.78 is 11.7. The number of para-hydroxylation sites is 3. The van der Waals surface area contributed by atoms with Crippen molar-refractivity contribution in [3.8, 4) is 45.1 Å². The van der Waals surface area contributed by atoms with Gasteiger partial charge in [0.2, 0.25) is 0 Å². The molecule has 0 atom stereocenters. The van der Waals surface area contributed by atoms with Crippen molar-refractivity contribution < 1.29 is 24.5 Å². The summed E-state index contributed by atoms with van der Waals surface area (Å²) in [5.41, 5.74) is 16.0. The fourth-order valence-electron chi connectivity index (χ4n) is 10.2. The van der Waals surface area contributed by atoms with Crippen LogP contribution in [0.4, 0.5) is 0 Å². The Hall–Kier alpha value is -7.89. The van der Waals surface area contributed by atoms with E-state index in [1.54, 1.807) is 6.20 Å². The molecule has 0 saturated heterocycles. The van der Waals surface area contributed by atoms with E-state index in [4.69, 9.17) is 9.40 Å². The number of hydrogen-bond acceptors (Lipinski definition) is 3. The minimum Gasteiger partial charge on any atom is -0.474 e. The Kier molecular flexibility index (Phi) is 11.8. The molecule has 0 N–H and O–H groups in total. The third kappa shape index (κ3) is 7.61. The van der Waals surface area contributed by atoms with E-state index in [1.807, 2.05) is 48.5 Å². The van der Waals surface area contributed by atoms with Gasteiger partial charge in [-0.1, -0.05) is 166 Å². The van der Waals surface area contributed by atoms with Crippen LogP contribution in [0.15, 0.2) is 211 Å². The maximum Gasteiger partial charge on any atom is 0.123 e. The molecule has 0 aliphatic heterocycles. The minimum atomic E-state index is 0. The zero-order valence-electron chi connectivity index (χ0n) is 39.3. The van der Waals surface area contributed by atoms with Gasteiger partial charge in [-0.15, -0.1) is 48.0 Å². The summed E-state index contributed by atoms with van der Waals surface area (Å²) in [7, 11) is 0. The van der Waals surface area contributed by atoms with E-state index >= 15 is 0 Å². The molecule has 0 spiro atoms. The SMILES string of the molecule is CC(C)c1cc(-c2ccccc2)cc(C(C)C)c1-n1c(-c2[c-]cc(-n3c4ccccc4c4ccccc43)c3oc4ccccc4c23)nc2c3ccccc3ccc21.[Ir].[c-]1ccccc1-c1ccccn1. The fourth-order valence-corrected chi connectivity index (χ4v) is 10.2. The number of nitrogens with zero attached hydrogens (tertiary/aromatic N) is 4. The largest absolute Gasteiger partial charge is 0.474 e. The number of benzene rings is 9. The monoisotopic (exact) mass is 1080 g/mol. The average Bonchev–Trinajstić information content (AvgIpc) is 4.10. The molecule has 1 radical (unpaired) electrons. The van der Waals surface area contributed by atoms with Gasteiger partial charge in [0.25, 0.3) is 0 Å². The summed E-state index contributed by atoms with van der Waals surface area (Å²) in [5, 5.41) is 6.75. The molecule has 6 heteroatoms. The summed E-state index contributed by atoms with van der Waals surface area (Å²) >= 11 is 0. The van der Waals surface area contributed by atoms with Gasteiger partial charge >= 0.3 is 0 Å². The van der Waals surface area contributed by atoms with Crippen LogP contribution in [-0.4, -0.2) is 19.1 Å². The van der Waals surface area contributed by atoms with Crippen molar-refractivity contribution in [2.45, 2.75) is 39.5 Å². The molecule has 0 fully saturated rings. The van der Waals surface area contributed by atoms with Crippen LogP contribution >= 0.6 is 0 Å². The number of fused-ring (bicyclic) bond motifs is 9. The van der Waals surface area contributed by atoms with Gasteiger partial charge in [-0.2, -0.15) is 0 Å². The molecule has 9 aromatic carbocycles. The molecule has 0 unspecified atom stereocenters. The Morgan fingerprint density at radius 3 is 1.83 bits per heavy atom. The number of furan rings is 1. The normalized spacial score (nSPS) is 11.6. The van der Waals surface area contributed by atoms with Crippen LogP contribution in [0.2, 0.25) is 0 Å². The molecule has 0 saturated carbocycles. The van der Waals surface area contributed by atoms with Crippen LogP contribution in [0, 0.1) is 12.1 Å². The van der Waals surface area contributed by atoms with Crippen molar-refractivity contribution >= 4 is 65.6 Å². The summed E-state index contributed by atoms with van der Waals surface area (Å²) in [6, 6.07) is 77.1. The van der Waals surface area contributed by atoms with Crippen molar-refractivity contribution in [2.75, 3.05) is 0 Å². The first-order valence-electron chi connectivity index (χ1n) is 23.8. The van der Waals surface area contributed by atoms with Gasteiger partial charge in [-0.25, -0.2) is 0 Å². The van der Waals surface area contributed by atoms with Crippen LogP contribution in [0.5, 0.6) is 0 Å². The molecule has 0 bridgehead atoms. The van der Waals surface area contributed by atoms with Crippen LogP contribution in [-0.2, 0) is 20.1 Å². The molecule has 0 amide bonds. The van der Waals surface area contributed by atoms with Crippen molar-refractivity contribution in [1.82, 2.24) is 19.1 Å². The van der Waals surface area contributed by atoms with E-state index in [2.05, 4.69) is 206 Å². The molecule has 341 valence electrons. The Morgan fingerprint density at radius 1 is 0.529 bits per heavy atom. The van der Waals surface area contributed by atoms with Gasteiger partial charge in [0.15, 0.2) is 0 Å². The van der Waals surface area contributed by atoms with Crippen LogP contribution in [0.25, 0.3) is 111 Å². The first-order chi connectivity index (χ1) is 33.9. The van der Waals surface area contributed by atoms with Crippen LogP contribution in [0.3, 0.4) is 0 Å². The zero-order chi connectivity index (χ0) is 46.6. The molecule has 13 rings (SSSR count). The number of imidazole rings is 1. The van der Waals surface area contributed by atoms with Gasteiger partial charge in [-0.05, 0) is 93.0 Å².